The molecule has 0 aliphatic rings. The topological polar surface area (TPSA) is 78.9 Å². The summed E-state index contributed by atoms with van der Waals surface area (Å²) < 4.78 is 16.7. The summed E-state index contributed by atoms with van der Waals surface area (Å²) in [6, 6.07) is 0. The lowest BCUT2D eigenvalue weighted by Gasteiger charge is -2.18. The predicted molar refractivity (Wildman–Crippen MR) is 316 cm³/mol. The highest BCUT2D eigenvalue weighted by atomic mass is 16.6. The Labute approximate surface area is 449 Å². The summed E-state index contributed by atoms with van der Waals surface area (Å²) >= 11 is 0. The van der Waals surface area contributed by atoms with Crippen molar-refractivity contribution in [1.29, 1.82) is 0 Å². The second-order valence-electron chi connectivity index (χ2n) is 19.2. The summed E-state index contributed by atoms with van der Waals surface area (Å²) in [4.78, 5) is 37.8. The molecule has 1 unspecified atom stereocenters. The van der Waals surface area contributed by atoms with Crippen LogP contribution in [0.3, 0.4) is 0 Å². The van der Waals surface area contributed by atoms with Crippen molar-refractivity contribution in [2.24, 2.45) is 0 Å². The van der Waals surface area contributed by atoms with E-state index in [1.54, 1.807) is 0 Å². The third-order valence-electron chi connectivity index (χ3n) is 12.1. The number of esters is 3. The van der Waals surface area contributed by atoms with E-state index >= 15 is 0 Å². The van der Waals surface area contributed by atoms with Crippen molar-refractivity contribution in [3.63, 3.8) is 0 Å². The second kappa shape index (κ2) is 60.1. The van der Waals surface area contributed by atoms with E-state index in [-0.39, 0.29) is 31.1 Å². The third kappa shape index (κ3) is 58.3. The maximum Gasteiger partial charge on any atom is 0.306 e. The molecule has 73 heavy (non-hydrogen) atoms. The van der Waals surface area contributed by atoms with Crippen LogP contribution >= 0.6 is 0 Å². The molecule has 0 bridgehead atoms. The number of carbonyl (C=O) groups excluding carboxylic acids is 3. The lowest BCUT2D eigenvalue weighted by molar-refractivity contribution is -0.167. The van der Waals surface area contributed by atoms with Crippen molar-refractivity contribution in [2.45, 2.75) is 258 Å². The largest absolute Gasteiger partial charge is 0.462 e. The van der Waals surface area contributed by atoms with Gasteiger partial charge < -0.3 is 14.2 Å². The average molecular weight is 1010 g/mol. The summed E-state index contributed by atoms with van der Waals surface area (Å²) in [5.74, 6) is -0.934. The van der Waals surface area contributed by atoms with Crippen LogP contribution in [0.2, 0.25) is 0 Å². The van der Waals surface area contributed by atoms with E-state index in [4.69, 9.17) is 14.2 Å². The Hall–Kier alpha value is -4.45. The zero-order valence-corrected chi connectivity index (χ0v) is 47.1. The number of hydrogen-bond donors (Lipinski definition) is 0. The Balaban J connectivity index is 4.09. The number of hydrogen-bond acceptors (Lipinski definition) is 6. The van der Waals surface area contributed by atoms with Crippen molar-refractivity contribution in [3.8, 4) is 0 Å². The van der Waals surface area contributed by atoms with Crippen molar-refractivity contribution in [1.82, 2.24) is 0 Å². The molecule has 0 rings (SSSR count). The number of carbonyl (C=O) groups is 3. The lowest BCUT2D eigenvalue weighted by atomic mass is 10.1. The molecular formula is C67H108O6. The first-order chi connectivity index (χ1) is 36.0. The van der Waals surface area contributed by atoms with Crippen molar-refractivity contribution in [3.05, 3.63) is 134 Å². The molecule has 0 saturated heterocycles. The highest BCUT2D eigenvalue weighted by Crippen LogP contribution is 2.14. The highest BCUT2D eigenvalue weighted by molar-refractivity contribution is 5.71. The molecular weight excluding hydrogens is 901 g/mol. The van der Waals surface area contributed by atoms with E-state index in [0.29, 0.717) is 19.3 Å². The van der Waals surface area contributed by atoms with Gasteiger partial charge in [-0.2, -0.15) is 0 Å². The van der Waals surface area contributed by atoms with Gasteiger partial charge >= 0.3 is 17.9 Å². The predicted octanol–water partition coefficient (Wildman–Crippen LogP) is 20.2. The molecule has 0 amide bonds. The minimum absolute atomic E-state index is 0.0903. The Bertz CT molecular complexity index is 1580. The lowest BCUT2D eigenvalue weighted by Crippen LogP contribution is -2.30. The zero-order chi connectivity index (χ0) is 52.9. The molecule has 0 N–H and O–H groups in total. The van der Waals surface area contributed by atoms with Crippen LogP contribution in [-0.4, -0.2) is 37.2 Å². The van der Waals surface area contributed by atoms with E-state index in [1.165, 1.54) is 51.4 Å². The summed E-state index contributed by atoms with van der Waals surface area (Å²) in [6.07, 6.45) is 84.9. The molecule has 0 heterocycles. The van der Waals surface area contributed by atoms with Gasteiger partial charge in [-0.1, -0.05) is 244 Å². The Morgan fingerprint density at radius 2 is 0.534 bits per heavy atom. The Morgan fingerprint density at radius 3 is 0.863 bits per heavy atom. The van der Waals surface area contributed by atoms with Crippen LogP contribution in [0.5, 0.6) is 0 Å². The van der Waals surface area contributed by atoms with Gasteiger partial charge in [0.1, 0.15) is 13.2 Å². The SMILES string of the molecule is CC/C=C\C/C=C\C/C=C\C/C=C\C/C=C\C/C=C\C/C=C\C/C=C\C/C=C\CCCCCCCCCC(=O)OCC(COC(=O)CCCCCCC)OC(=O)CCCCCCC/C=C\C/C=C\CCCCC. The van der Waals surface area contributed by atoms with Crippen LogP contribution in [0.1, 0.15) is 252 Å². The molecule has 1 atom stereocenters. The summed E-state index contributed by atoms with van der Waals surface area (Å²) in [5.41, 5.74) is 0. The highest BCUT2D eigenvalue weighted by Gasteiger charge is 2.19. The number of unbranched alkanes of at least 4 members (excludes halogenated alkanes) is 19. The maximum absolute atomic E-state index is 12.7. The maximum atomic E-state index is 12.7. The molecule has 0 saturated carbocycles. The van der Waals surface area contributed by atoms with Crippen LogP contribution in [0, 0.1) is 0 Å². The first kappa shape index (κ1) is 68.6. The van der Waals surface area contributed by atoms with Gasteiger partial charge in [0, 0.05) is 19.3 Å². The molecule has 0 spiro atoms. The Morgan fingerprint density at radius 1 is 0.288 bits per heavy atom. The average Bonchev–Trinajstić information content (AvgIpc) is 3.39. The van der Waals surface area contributed by atoms with Gasteiger partial charge in [-0.05, 0) is 122 Å². The van der Waals surface area contributed by atoms with E-state index in [0.717, 1.165) is 161 Å². The van der Waals surface area contributed by atoms with Gasteiger partial charge in [-0.3, -0.25) is 14.4 Å². The molecule has 6 heteroatoms. The molecule has 0 radical (unpaired) electrons. The molecule has 0 fully saturated rings. The van der Waals surface area contributed by atoms with Crippen LogP contribution in [-0.2, 0) is 28.6 Å². The van der Waals surface area contributed by atoms with E-state index in [1.807, 2.05) is 0 Å². The van der Waals surface area contributed by atoms with Gasteiger partial charge in [-0.25, -0.2) is 0 Å². The van der Waals surface area contributed by atoms with Gasteiger partial charge in [0.15, 0.2) is 6.10 Å². The van der Waals surface area contributed by atoms with Crippen molar-refractivity contribution < 1.29 is 28.6 Å². The fraction of sp³-hybridized carbons (Fsp3) is 0.627. The first-order valence-electron chi connectivity index (χ1n) is 29.7. The molecule has 0 aliphatic carbocycles. The van der Waals surface area contributed by atoms with E-state index < -0.39 is 6.10 Å². The molecule has 6 nitrogen and oxygen atoms in total. The first-order valence-corrected chi connectivity index (χ1v) is 29.7. The molecule has 0 aromatic heterocycles. The number of rotatable bonds is 52. The fourth-order valence-electron chi connectivity index (χ4n) is 7.70. The van der Waals surface area contributed by atoms with Crippen LogP contribution in [0.4, 0.5) is 0 Å². The molecule has 0 aliphatic heterocycles. The molecule has 412 valence electrons. The monoisotopic (exact) mass is 1010 g/mol. The van der Waals surface area contributed by atoms with Crippen molar-refractivity contribution >= 4 is 17.9 Å². The van der Waals surface area contributed by atoms with Gasteiger partial charge in [0.05, 0.1) is 0 Å². The number of allylic oxidation sites excluding steroid dienone is 22. The van der Waals surface area contributed by atoms with Crippen LogP contribution in [0.25, 0.3) is 0 Å². The Kier molecular flexibility index (Phi) is 56.4. The minimum atomic E-state index is -0.789. The third-order valence-corrected chi connectivity index (χ3v) is 12.1. The van der Waals surface area contributed by atoms with Crippen LogP contribution in [0.15, 0.2) is 134 Å². The zero-order valence-electron chi connectivity index (χ0n) is 47.1. The van der Waals surface area contributed by atoms with Crippen LogP contribution < -0.4 is 0 Å². The molecule has 0 aromatic carbocycles. The summed E-state index contributed by atoms with van der Waals surface area (Å²) in [7, 11) is 0. The molecule has 0 aromatic rings. The standard InChI is InChI=1S/C67H108O6/c1-4-7-10-13-15-17-19-21-23-24-25-26-27-28-29-30-31-32-33-34-35-36-37-38-39-40-41-42-44-45-47-49-51-54-57-60-66(69)72-63-64(62-71-65(68)59-56-53-12-9-6-3)73-67(70)61-58-55-52-50-48-46-43-22-20-18-16-14-11-8-5-2/h7,10,15-18,21-23,25-26,28-29,31-32,34-35,37-38,40-41,43,64H,4-6,8-9,11-14,19-20,24,27,30,33,36,39,42,44-63H2,1-3H3/b10-7-,17-15-,18-16-,23-21-,26-25-,29-28-,32-31-,35-34-,38-37-,41-40-,43-22-. The van der Waals surface area contributed by atoms with E-state index in [9.17, 15) is 14.4 Å². The van der Waals surface area contributed by atoms with E-state index in [2.05, 4.69) is 154 Å². The van der Waals surface area contributed by atoms with Gasteiger partial charge in [-0.15, -0.1) is 0 Å². The fourth-order valence-corrected chi connectivity index (χ4v) is 7.70. The smallest absolute Gasteiger partial charge is 0.306 e. The normalized spacial score (nSPS) is 13.1. The summed E-state index contributed by atoms with van der Waals surface area (Å²) in [6.45, 7) is 6.38. The van der Waals surface area contributed by atoms with Gasteiger partial charge in [0.25, 0.3) is 0 Å². The number of ether oxygens (including phenoxy) is 3. The minimum Gasteiger partial charge on any atom is -0.462 e. The summed E-state index contributed by atoms with van der Waals surface area (Å²) in [5, 5.41) is 0. The van der Waals surface area contributed by atoms with Crippen molar-refractivity contribution in [2.75, 3.05) is 13.2 Å². The quantitative estimate of drug-likeness (QED) is 0.0261. The second-order valence-corrected chi connectivity index (χ2v) is 19.2. The van der Waals surface area contributed by atoms with Gasteiger partial charge in [0.2, 0.25) is 0 Å².